The summed E-state index contributed by atoms with van der Waals surface area (Å²) in [4.78, 5) is 19.5. The molecule has 2 aromatic carbocycles. The number of rotatable bonds is 9. The van der Waals surface area contributed by atoms with Crippen molar-refractivity contribution in [2.24, 2.45) is 0 Å². The van der Waals surface area contributed by atoms with E-state index in [9.17, 15) is 4.79 Å². The fourth-order valence-corrected chi connectivity index (χ4v) is 7.24. The van der Waals surface area contributed by atoms with E-state index in [1.165, 1.54) is 40.7 Å². The summed E-state index contributed by atoms with van der Waals surface area (Å²) < 4.78 is 6.03. The summed E-state index contributed by atoms with van der Waals surface area (Å²) in [5, 5.41) is 0. The number of fused-ring (bicyclic) bond motifs is 1. The fourth-order valence-electron chi connectivity index (χ4n) is 7.24. The Hall–Kier alpha value is -2.67. The molecule has 6 heteroatoms. The standard InChI is InChI=1S/C36H48BN3O2/c1-8-28-19-30(31(9-2)25(4)24(3)27(6)41)20-35(42-7)34(28)22-38-17-18-39(36(23-38)14-15-36)21-29-11-10-12-32-26(5)40(37)16-13-33(29)32/h9-12,19-20,26H,8,13-18,21-23H2,1-7H3/b25-24-,31-9+. The van der Waals surface area contributed by atoms with Crippen LogP contribution in [0.4, 0.5) is 0 Å². The normalized spacial score (nSPS) is 21.7. The zero-order valence-corrected chi connectivity index (χ0v) is 26.8. The Balaban J connectivity index is 1.35. The number of methoxy groups -OCH3 is 1. The van der Waals surface area contributed by atoms with Crippen LogP contribution in [0.5, 0.6) is 5.75 Å². The van der Waals surface area contributed by atoms with Gasteiger partial charge in [0, 0.05) is 49.9 Å². The molecule has 2 heterocycles. The molecule has 0 amide bonds. The summed E-state index contributed by atoms with van der Waals surface area (Å²) >= 11 is 0. The summed E-state index contributed by atoms with van der Waals surface area (Å²) in [5.74, 6) is 1.06. The summed E-state index contributed by atoms with van der Waals surface area (Å²) in [6, 6.07) is 11.6. The van der Waals surface area contributed by atoms with Crippen molar-refractivity contribution < 1.29 is 9.53 Å². The van der Waals surface area contributed by atoms with E-state index in [-0.39, 0.29) is 17.4 Å². The SMILES string of the molecule is [B]N1CCc2c(CN3CCN(Cc4c(CC)cc(C(=C/C)/C(C)=C(/C)C(C)=O)cc4OC)CC34CC4)cccc2C1C. The Morgan fingerprint density at radius 3 is 2.48 bits per heavy atom. The van der Waals surface area contributed by atoms with Gasteiger partial charge >= 0.3 is 0 Å². The summed E-state index contributed by atoms with van der Waals surface area (Å²) in [7, 11) is 8.04. The van der Waals surface area contributed by atoms with Crippen LogP contribution in [0, 0.1) is 0 Å². The molecule has 1 spiro atoms. The van der Waals surface area contributed by atoms with E-state index in [1.54, 1.807) is 14.0 Å². The minimum atomic E-state index is 0.114. The van der Waals surface area contributed by atoms with E-state index in [0.717, 1.165) is 80.1 Å². The molecule has 5 nitrogen and oxygen atoms in total. The number of ketones is 1. The van der Waals surface area contributed by atoms with Crippen LogP contribution in [0.2, 0.25) is 0 Å². The highest BCUT2D eigenvalue weighted by atomic mass is 16.5. The molecule has 0 bridgehead atoms. The number of hydrogen-bond acceptors (Lipinski definition) is 5. The van der Waals surface area contributed by atoms with Gasteiger partial charge in [0.2, 0.25) is 0 Å². The van der Waals surface area contributed by atoms with Crippen LogP contribution < -0.4 is 4.74 Å². The van der Waals surface area contributed by atoms with Crippen molar-refractivity contribution in [3.63, 3.8) is 0 Å². The minimum absolute atomic E-state index is 0.114. The van der Waals surface area contributed by atoms with E-state index in [1.807, 2.05) is 25.6 Å². The molecule has 1 saturated heterocycles. The molecule has 1 saturated carbocycles. The first-order valence-electron chi connectivity index (χ1n) is 15.8. The lowest BCUT2D eigenvalue weighted by Crippen LogP contribution is -2.54. The highest BCUT2D eigenvalue weighted by Gasteiger charge is 2.51. The molecule has 2 aliphatic heterocycles. The number of allylic oxidation sites excluding steroid dienone is 4. The van der Waals surface area contributed by atoms with Gasteiger partial charge in [-0.3, -0.25) is 14.6 Å². The molecule has 1 atom stereocenters. The predicted molar refractivity (Wildman–Crippen MR) is 174 cm³/mol. The lowest BCUT2D eigenvalue weighted by molar-refractivity contribution is -0.113. The van der Waals surface area contributed by atoms with Crippen LogP contribution in [0.25, 0.3) is 5.57 Å². The summed E-state index contributed by atoms with van der Waals surface area (Å²) in [5.41, 5.74) is 11.4. The molecule has 2 fully saturated rings. The molecule has 0 aromatic heterocycles. The first kappa shape index (κ1) is 30.8. The molecular weight excluding hydrogens is 517 g/mol. The summed E-state index contributed by atoms with van der Waals surface area (Å²) in [6.45, 7) is 18.2. The fraction of sp³-hybridized carbons (Fsp3) is 0.528. The van der Waals surface area contributed by atoms with Gasteiger partial charge < -0.3 is 9.55 Å². The maximum atomic E-state index is 12.1. The summed E-state index contributed by atoms with van der Waals surface area (Å²) in [6.07, 6.45) is 6.63. The second-order valence-electron chi connectivity index (χ2n) is 12.7. The van der Waals surface area contributed by atoms with Crippen LogP contribution in [0.1, 0.15) is 93.8 Å². The van der Waals surface area contributed by atoms with Crippen LogP contribution in [-0.2, 0) is 30.7 Å². The lowest BCUT2D eigenvalue weighted by Gasteiger charge is -2.43. The van der Waals surface area contributed by atoms with Gasteiger partial charge in [-0.1, -0.05) is 37.3 Å². The van der Waals surface area contributed by atoms with E-state index >= 15 is 0 Å². The van der Waals surface area contributed by atoms with Crippen LogP contribution in [-0.4, -0.2) is 67.2 Å². The van der Waals surface area contributed by atoms with Crippen LogP contribution in [0.3, 0.4) is 0 Å². The van der Waals surface area contributed by atoms with Crippen molar-refractivity contribution in [1.82, 2.24) is 14.6 Å². The Morgan fingerprint density at radius 1 is 1.07 bits per heavy atom. The molecule has 222 valence electrons. The second-order valence-corrected chi connectivity index (χ2v) is 12.7. The van der Waals surface area contributed by atoms with Gasteiger partial charge in [-0.2, -0.15) is 0 Å². The number of carbonyl (C=O) groups is 1. The zero-order chi connectivity index (χ0) is 30.2. The second kappa shape index (κ2) is 12.5. The average molecular weight is 566 g/mol. The van der Waals surface area contributed by atoms with Crippen molar-refractivity contribution >= 4 is 19.3 Å². The van der Waals surface area contributed by atoms with Crippen molar-refractivity contribution in [3.8, 4) is 5.75 Å². The van der Waals surface area contributed by atoms with Gasteiger partial charge in [-0.15, -0.1) is 0 Å². The van der Waals surface area contributed by atoms with Crippen molar-refractivity contribution in [3.05, 3.63) is 80.9 Å². The molecule has 3 aliphatic rings. The molecule has 2 aromatic rings. The molecular formula is C36H48BN3O2. The maximum absolute atomic E-state index is 12.1. The van der Waals surface area contributed by atoms with Gasteiger partial charge in [0.25, 0.3) is 0 Å². The number of ether oxygens (including phenoxy) is 1. The number of hydrogen-bond donors (Lipinski definition) is 0. The Bertz CT molecular complexity index is 1380. The number of benzene rings is 2. The van der Waals surface area contributed by atoms with Gasteiger partial charge in [0.1, 0.15) is 5.75 Å². The third-order valence-electron chi connectivity index (χ3n) is 10.3. The van der Waals surface area contributed by atoms with Crippen molar-refractivity contribution in [2.45, 2.75) is 91.9 Å². The highest BCUT2D eigenvalue weighted by molar-refractivity contribution is 6.04. The minimum Gasteiger partial charge on any atom is -0.496 e. The monoisotopic (exact) mass is 565 g/mol. The zero-order valence-electron chi connectivity index (χ0n) is 26.8. The third-order valence-corrected chi connectivity index (χ3v) is 10.3. The molecule has 5 rings (SSSR count). The predicted octanol–water partition coefficient (Wildman–Crippen LogP) is 6.44. The van der Waals surface area contributed by atoms with E-state index in [2.05, 4.69) is 60.1 Å². The van der Waals surface area contributed by atoms with Crippen LogP contribution >= 0.6 is 0 Å². The van der Waals surface area contributed by atoms with E-state index in [0.29, 0.717) is 0 Å². The van der Waals surface area contributed by atoms with E-state index in [4.69, 9.17) is 12.7 Å². The Morgan fingerprint density at radius 2 is 1.83 bits per heavy atom. The van der Waals surface area contributed by atoms with Gasteiger partial charge in [0.15, 0.2) is 13.8 Å². The van der Waals surface area contributed by atoms with Gasteiger partial charge in [-0.05, 0) is 117 Å². The van der Waals surface area contributed by atoms with Crippen molar-refractivity contribution in [2.75, 3.05) is 33.3 Å². The first-order chi connectivity index (χ1) is 20.1. The number of nitrogens with zero attached hydrogens (tertiary/aromatic N) is 3. The Kier molecular flexibility index (Phi) is 9.17. The number of piperazine rings is 1. The smallest absolute Gasteiger partial charge is 0.183 e. The average Bonchev–Trinajstić information content (AvgIpc) is 3.76. The third kappa shape index (κ3) is 5.91. The lowest BCUT2D eigenvalue weighted by atomic mass is 9.87. The highest BCUT2D eigenvalue weighted by Crippen LogP contribution is 2.46. The quantitative estimate of drug-likeness (QED) is 0.199. The topological polar surface area (TPSA) is 36.0 Å². The van der Waals surface area contributed by atoms with E-state index < -0.39 is 0 Å². The van der Waals surface area contributed by atoms with Gasteiger partial charge in [0.05, 0.1) is 7.11 Å². The first-order valence-corrected chi connectivity index (χ1v) is 15.8. The number of aryl methyl sites for hydroxylation is 1. The number of Topliss-reactive ketones (excluding diaryl/α,β-unsaturated/α-hetero) is 1. The van der Waals surface area contributed by atoms with Crippen LogP contribution in [0.15, 0.2) is 47.6 Å². The molecule has 1 unspecified atom stereocenters. The molecule has 42 heavy (non-hydrogen) atoms. The van der Waals surface area contributed by atoms with Crippen molar-refractivity contribution in [1.29, 1.82) is 0 Å². The molecule has 0 N–H and O–H groups in total. The maximum Gasteiger partial charge on any atom is 0.183 e. The van der Waals surface area contributed by atoms with Gasteiger partial charge in [-0.25, -0.2) is 0 Å². The molecule has 1 aliphatic carbocycles. The Labute approximate surface area is 255 Å². The molecule has 2 radical (unpaired) electrons. The largest absolute Gasteiger partial charge is 0.496 e. The number of carbonyl (C=O) groups excluding carboxylic acids is 1.